The number of halogens is 1. The van der Waals surface area contributed by atoms with Crippen molar-refractivity contribution < 1.29 is 21.5 Å². The highest BCUT2D eigenvalue weighted by Crippen LogP contribution is 2.13. The third kappa shape index (κ3) is 16.0. The molecule has 184 valence electrons. The molecule has 0 aliphatic rings. The van der Waals surface area contributed by atoms with Gasteiger partial charge in [-0.3, -0.25) is 0 Å². The number of rotatable bonds is 19. The molecule has 2 aromatic rings. The summed E-state index contributed by atoms with van der Waals surface area (Å²) in [5.41, 5.74) is 2.51. The van der Waals surface area contributed by atoms with Gasteiger partial charge in [0.2, 0.25) is 0 Å². The van der Waals surface area contributed by atoms with E-state index in [9.17, 15) is 0 Å². The Kier molecular flexibility index (Phi) is 19.0. The van der Waals surface area contributed by atoms with Gasteiger partial charge in [-0.2, -0.15) is 0 Å². The Labute approximate surface area is 215 Å². The average Bonchev–Trinajstić information content (AvgIpc) is 2.84. The SMILES string of the molecule is CCCCCCCCCCCCCCCCCC[n+]1ccc(/C=C/c2ccccc2)cc1.[Br-]. The zero-order valence-corrected chi connectivity index (χ0v) is 22.8. The summed E-state index contributed by atoms with van der Waals surface area (Å²) in [5.74, 6) is 0. The van der Waals surface area contributed by atoms with Crippen LogP contribution in [0, 0.1) is 0 Å². The summed E-state index contributed by atoms with van der Waals surface area (Å²) in [6, 6.07) is 14.9. The number of pyridine rings is 1. The highest BCUT2D eigenvalue weighted by molar-refractivity contribution is 5.68. The minimum absolute atomic E-state index is 0. The molecule has 0 aliphatic heterocycles. The van der Waals surface area contributed by atoms with E-state index in [-0.39, 0.29) is 17.0 Å². The molecular weight excluding hydrogens is 466 g/mol. The predicted octanol–water partition coefficient (Wildman–Crippen LogP) is 6.41. The molecular formula is C31H48BrN. The van der Waals surface area contributed by atoms with Crippen LogP contribution in [-0.4, -0.2) is 0 Å². The van der Waals surface area contributed by atoms with E-state index in [0.29, 0.717) is 0 Å². The van der Waals surface area contributed by atoms with Crippen molar-refractivity contribution in [1.82, 2.24) is 0 Å². The van der Waals surface area contributed by atoms with Gasteiger partial charge in [0.05, 0.1) is 0 Å². The third-order valence-electron chi connectivity index (χ3n) is 6.45. The molecule has 0 saturated carbocycles. The summed E-state index contributed by atoms with van der Waals surface area (Å²) in [6.45, 7) is 3.44. The summed E-state index contributed by atoms with van der Waals surface area (Å²) in [7, 11) is 0. The van der Waals surface area contributed by atoms with Gasteiger partial charge in [0.15, 0.2) is 12.4 Å². The maximum Gasteiger partial charge on any atom is 0.169 e. The number of aryl methyl sites for hydroxylation is 1. The lowest BCUT2D eigenvalue weighted by atomic mass is 10.0. The molecule has 1 aromatic carbocycles. The van der Waals surface area contributed by atoms with Crippen molar-refractivity contribution in [3.05, 3.63) is 66.0 Å². The molecule has 0 amide bonds. The summed E-state index contributed by atoms with van der Waals surface area (Å²) in [4.78, 5) is 0. The Morgan fingerprint density at radius 1 is 0.515 bits per heavy atom. The molecule has 0 bridgehead atoms. The van der Waals surface area contributed by atoms with Crippen LogP contribution >= 0.6 is 0 Å². The third-order valence-corrected chi connectivity index (χ3v) is 6.45. The van der Waals surface area contributed by atoms with Gasteiger partial charge in [-0.1, -0.05) is 139 Å². The van der Waals surface area contributed by atoms with Crippen LogP contribution in [0.2, 0.25) is 0 Å². The number of unbranched alkanes of at least 4 members (excludes halogenated alkanes) is 15. The van der Waals surface area contributed by atoms with Crippen LogP contribution in [0.4, 0.5) is 0 Å². The molecule has 1 nitrogen and oxygen atoms in total. The van der Waals surface area contributed by atoms with E-state index >= 15 is 0 Å². The summed E-state index contributed by atoms with van der Waals surface area (Å²) >= 11 is 0. The van der Waals surface area contributed by atoms with E-state index in [2.05, 4.69) is 78.5 Å². The van der Waals surface area contributed by atoms with Crippen LogP contribution in [0.15, 0.2) is 54.9 Å². The van der Waals surface area contributed by atoms with Gasteiger partial charge in [-0.05, 0) is 17.5 Å². The van der Waals surface area contributed by atoms with E-state index < -0.39 is 0 Å². The molecule has 1 aromatic heterocycles. The van der Waals surface area contributed by atoms with Crippen LogP contribution in [0.1, 0.15) is 121 Å². The number of benzene rings is 1. The zero-order chi connectivity index (χ0) is 22.5. The lowest BCUT2D eigenvalue weighted by molar-refractivity contribution is -0.697. The Balaban J connectivity index is 0.00000544. The fourth-order valence-electron chi connectivity index (χ4n) is 4.33. The minimum atomic E-state index is 0. The maximum absolute atomic E-state index is 2.32. The van der Waals surface area contributed by atoms with E-state index in [4.69, 9.17) is 0 Å². The molecule has 0 fully saturated rings. The largest absolute Gasteiger partial charge is 1.00 e. The van der Waals surface area contributed by atoms with Gasteiger partial charge in [-0.25, -0.2) is 4.57 Å². The van der Waals surface area contributed by atoms with Gasteiger partial charge in [0, 0.05) is 18.6 Å². The molecule has 0 unspecified atom stereocenters. The van der Waals surface area contributed by atoms with Crippen molar-refractivity contribution in [2.45, 2.75) is 116 Å². The van der Waals surface area contributed by atoms with E-state index in [1.165, 1.54) is 114 Å². The second kappa shape index (κ2) is 21.1. The quantitative estimate of drug-likeness (QED) is 0.151. The summed E-state index contributed by atoms with van der Waals surface area (Å²) in [6.07, 6.45) is 31.6. The summed E-state index contributed by atoms with van der Waals surface area (Å²) < 4.78 is 2.32. The monoisotopic (exact) mass is 513 g/mol. The highest BCUT2D eigenvalue weighted by Gasteiger charge is 2.00. The van der Waals surface area contributed by atoms with Crippen molar-refractivity contribution in [2.24, 2.45) is 0 Å². The topological polar surface area (TPSA) is 3.88 Å². The van der Waals surface area contributed by atoms with Crippen molar-refractivity contribution in [3.8, 4) is 0 Å². The molecule has 2 rings (SSSR count). The Morgan fingerprint density at radius 3 is 1.36 bits per heavy atom. The molecule has 1 heterocycles. The van der Waals surface area contributed by atoms with E-state index in [1.807, 2.05) is 0 Å². The maximum atomic E-state index is 2.32. The number of hydrogen-bond donors (Lipinski definition) is 0. The molecule has 0 radical (unpaired) electrons. The van der Waals surface area contributed by atoms with Gasteiger partial charge < -0.3 is 17.0 Å². The van der Waals surface area contributed by atoms with Gasteiger partial charge >= 0.3 is 0 Å². The van der Waals surface area contributed by atoms with E-state index in [0.717, 1.165) is 6.54 Å². The molecule has 33 heavy (non-hydrogen) atoms. The summed E-state index contributed by atoms with van der Waals surface area (Å²) in [5, 5.41) is 0. The first-order valence-corrected chi connectivity index (χ1v) is 13.6. The molecule has 0 aliphatic carbocycles. The van der Waals surface area contributed by atoms with E-state index in [1.54, 1.807) is 0 Å². The van der Waals surface area contributed by atoms with Crippen LogP contribution in [0.5, 0.6) is 0 Å². The van der Waals surface area contributed by atoms with Crippen LogP contribution in [-0.2, 0) is 6.54 Å². The fraction of sp³-hybridized carbons (Fsp3) is 0.581. The number of aromatic nitrogens is 1. The number of hydrogen-bond acceptors (Lipinski definition) is 0. The first-order chi connectivity index (χ1) is 15.9. The first kappa shape index (κ1) is 29.6. The molecule has 2 heteroatoms. The molecule has 0 spiro atoms. The second-order valence-corrected chi connectivity index (χ2v) is 9.42. The fourth-order valence-corrected chi connectivity index (χ4v) is 4.33. The van der Waals surface area contributed by atoms with Crippen molar-refractivity contribution in [1.29, 1.82) is 0 Å². The molecule has 0 saturated heterocycles. The van der Waals surface area contributed by atoms with Gasteiger partial charge in [-0.15, -0.1) is 0 Å². The molecule has 0 N–H and O–H groups in total. The van der Waals surface area contributed by atoms with Crippen molar-refractivity contribution in [2.75, 3.05) is 0 Å². The zero-order valence-electron chi connectivity index (χ0n) is 21.2. The first-order valence-electron chi connectivity index (χ1n) is 13.6. The lowest BCUT2D eigenvalue weighted by Crippen LogP contribution is -3.00. The van der Waals surface area contributed by atoms with Crippen LogP contribution in [0.3, 0.4) is 0 Å². The van der Waals surface area contributed by atoms with Gasteiger partial charge in [0.1, 0.15) is 6.54 Å². The standard InChI is InChI=1S/C31H48N.BrH/c1-2-3-4-5-6-7-8-9-10-11-12-13-14-15-16-20-27-32-28-25-31(26-29-32)24-23-30-21-18-17-19-22-30;/h17-19,21-26,28-29H,2-16,20,27H2,1H3;1H/q+1;/p-1/b24-23+;. The lowest BCUT2D eigenvalue weighted by Gasteiger charge is -2.03. The van der Waals surface area contributed by atoms with Crippen molar-refractivity contribution in [3.63, 3.8) is 0 Å². The van der Waals surface area contributed by atoms with Crippen LogP contribution < -0.4 is 21.5 Å². The average molecular weight is 515 g/mol. The Morgan fingerprint density at radius 2 is 0.909 bits per heavy atom. The van der Waals surface area contributed by atoms with Gasteiger partial charge in [0.25, 0.3) is 0 Å². The smallest absolute Gasteiger partial charge is 0.169 e. The van der Waals surface area contributed by atoms with Crippen molar-refractivity contribution >= 4 is 12.2 Å². The predicted molar refractivity (Wildman–Crippen MR) is 142 cm³/mol. The Bertz CT molecular complexity index is 693. The Hall–Kier alpha value is -1.41. The highest BCUT2D eigenvalue weighted by atomic mass is 79.9. The molecule has 0 atom stereocenters. The van der Waals surface area contributed by atoms with Crippen LogP contribution in [0.25, 0.3) is 12.2 Å². The number of nitrogens with zero attached hydrogens (tertiary/aromatic N) is 1. The second-order valence-electron chi connectivity index (χ2n) is 9.42. The normalized spacial score (nSPS) is 11.1. The minimum Gasteiger partial charge on any atom is -1.00 e.